The highest BCUT2D eigenvalue weighted by Gasteiger charge is 2.04. The van der Waals surface area contributed by atoms with Crippen molar-refractivity contribution in [2.24, 2.45) is 0 Å². The summed E-state index contributed by atoms with van der Waals surface area (Å²) in [5.41, 5.74) is 0. The van der Waals surface area contributed by atoms with E-state index < -0.39 is 0 Å². The zero-order valence-corrected chi connectivity index (χ0v) is 8.08. The van der Waals surface area contributed by atoms with Gasteiger partial charge >= 0.3 is 0 Å². The van der Waals surface area contributed by atoms with Crippen LogP contribution >= 0.6 is 11.8 Å². The fourth-order valence-corrected chi connectivity index (χ4v) is 1.92. The summed E-state index contributed by atoms with van der Waals surface area (Å²) in [6, 6.07) is 10.9. The Labute approximate surface area is 85.8 Å². The topological polar surface area (TPSA) is 44.0 Å². The Kier molecular flexibility index (Phi) is 2.30. The number of rotatable bonds is 1. The van der Waals surface area contributed by atoms with Gasteiger partial charge < -0.3 is 5.11 Å². The molecule has 14 heavy (non-hydrogen) atoms. The lowest BCUT2D eigenvalue weighted by Gasteiger charge is -2.03. The SMILES string of the molecule is N#CSc1ccc(O)c2ccccc12. The van der Waals surface area contributed by atoms with E-state index in [4.69, 9.17) is 5.26 Å². The molecule has 0 spiro atoms. The Morgan fingerprint density at radius 3 is 2.50 bits per heavy atom. The largest absolute Gasteiger partial charge is 0.507 e. The first-order valence-electron chi connectivity index (χ1n) is 4.09. The molecule has 0 aliphatic rings. The normalized spacial score (nSPS) is 9.93. The fraction of sp³-hybridized carbons (Fsp3) is 0. The van der Waals surface area contributed by atoms with Gasteiger partial charge in [-0.2, -0.15) is 5.26 Å². The number of aromatic hydroxyl groups is 1. The first-order valence-corrected chi connectivity index (χ1v) is 4.91. The fourth-order valence-electron chi connectivity index (χ4n) is 1.39. The van der Waals surface area contributed by atoms with Crippen molar-refractivity contribution in [2.75, 3.05) is 0 Å². The number of hydrogen-bond donors (Lipinski definition) is 1. The Hall–Kier alpha value is -1.66. The second kappa shape index (κ2) is 3.60. The molecule has 0 saturated carbocycles. The molecule has 0 radical (unpaired) electrons. The van der Waals surface area contributed by atoms with E-state index in [9.17, 15) is 5.11 Å². The third-order valence-corrected chi connectivity index (χ3v) is 2.68. The molecule has 0 aromatic heterocycles. The quantitative estimate of drug-likeness (QED) is 0.569. The molecule has 0 heterocycles. The zero-order chi connectivity index (χ0) is 9.97. The molecule has 0 aliphatic heterocycles. The Morgan fingerprint density at radius 2 is 1.79 bits per heavy atom. The molecule has 0 fully saturated rings. The van der Waals surface area contributed by atoms with E-state index in [1.54, 1.807) is 12.1 Å². The number of benzene rings is 2. The summed E-state index contributed by atoms with van der Waals surface area (Å²) in [7, 11) is 0. The molecule has 0 saturated heterocycles. The third kappa shape index (κ3) is 1.40. The van der Waals surface area contributed by atoms with E-state index >= 15 is 0 Å². The first kappa shape index (κ1) is 8.92. The number of hydrogen-bond acceptors (Lipinski definition) is 3. The van der Waals surface area contributed by atoms with Crippen molar-refractivity contribution in [1.29, 1.82) is 5.26 Å². The number of nitriles is 1. The number of thioether (sulfide) groups is 1. The molecule has 2 aromatic carbocycles. The molecule has 0 atom stereocenters. The monoisotopic (exact) mass is 201 g/mol. The van der Waals surface area contributed by atoms with Crippen LogP contribution in [0.4, 0.5) is 0 Å². The van der Waals surface area contributed by atoms with Crippen LogP contribution in [-0.4, -0.2) is 5.11 Å². The highest BCUT2D eigenvalue weighted by molar-refractivity contribution is 8.04. The maximum absolute atomic E-state index is 9.57. The molecule has 2 nitrogen and oxygen atoms in total. The van der Waals surface area contributed by atoms with Gasteiger partial charge in [-0.1, -0.05) is 24.3 Å². The van der Waals surface area contributed by atoms with Crippen molar-refractivity contribution in [3.63, 3.8) is 0 Å². The van der Waals surface area contributed by atoms with Crippen molar-refractivity contribution in [2.45, 2.75) is 4.90 Å². The van der Waals surface area contributed by atoms with E-state index in [1.165, 1.54) is 0 Å². The third-order valence-electron chi connectivity index (χ3n) is 2.02. The standard InChI is InChI=1S/C11H7NOS/c12-7-14-11-6-5-10(13)8-3-1-2-4-9(8)11/h1-6,13H. The van der Waals surface area contributed by atoms with Gasteiger partial charge in [-0.05, 0) is 29.3 Å². The van der Waals surface area contributed by atoms with Gasteiger partial charge in [0.2, 0.25) is 0 Å². The van der Waals surface area contributed by atoms with Crippen LogP contribution in [0.5, 0.6) is 5.75 Å². The molecular weight excluding hydrogens is 194 g/mol. The Morgan fingerprint density at radius 1 is 1.07 bits per heavy atom. The van der Waals surface area contributed by atoms with Crippen LogP contribution in [0.15, 0.2) is 41.3 Å². The maximum Gasteiger partial charge on any atom is 0.138 e. The van der Waals surface area contributed by atoms with Gasteiger partial charge in [-0.25, -0.2) is 0 Å². The molecule has 2 rings (SSSR count). The van der Waals surface area contributed by atoms with Gasteiger partial charge in [-0.15, -0.1) is 0 Å². The molecule has 2 aromatic rings. The lowest BCUT2D eigenvalue weighted by atomic mass is 10.1. The summed E-state index contributed by atoms with van der Waals surface area (Å²) in [6.45, 7) is 0. The first-order chi connectivity index (χ1) is 6.83. The molecule has 3 heteroatoms. The van der Waals surface area contributed by atoms with Gasteiger partial charge in [0.1, 0.15) is 11.2 Å². The molecule has 0 bridgehead atoms. The summed E-state index contributed by atoms with van der Waals surface area (Å²) >= 11 is 1.11. The van der Waals surface area contributed by atoms with Crippen LogP contribution in [0.2, 0.25) is 0 Å². The summed E-state index contributed by atoms with van der Waals surface area (Å²) in [4.78, 5) is 0.876. The maximum atomic E-state index is 9.57. The number of phenols is 1. The smallest absolute Gasteiger partial charge is 0.138 e. The zero-order valence-electron chi connectivity index (χ0n) is 7.27. The molecule has 0 aliphatic carbocycles. The predicted molar refractivity (Wildman–Crippen MR) is 57.1 cm³/mol. The summed E-state index contributed by atoms with van der Waals surface area (Å²) in [5.74, 6) is 0.253. The van der Waals surface area contributed by atoms with Crippen LogP contribution in [0.1, 0.15) is 0 Å². The van der Waals surface area contributed by atoms with Crippen molar-refractivity contribution in [1.82, 2.24) is 0 Å². The minimum atomic E-state index is 0.253. The Bertz CT molecular complexity index is 516. The van der Waals surface area contributed by atoms with Crippen LogP contribution in [0, 0.1) is 10.7 Å². The number of fused-ring (bicyclic) bond motifs is 1. The van der Waals surface area contributed by atoms with Crippen LogP contribution in [-0.2, 0) is 0 Å². The summed E-state index contributed by atoms with van der Waals surface area (Å²) in [5, 5.41) is 21.9. The minimum Gasteiger partial charge on any atom is -0.507 e. The average molecular weight is 201 g/mol. The minimum absolute atomic E-state index is 0.253. The highest BCUT2D eigenvalue weighted by atomic mass is 32.2. The van der Waals surface area contributed by atoms with E-state index in [0.717, 1.165) is 27.4 Å². The van der Waals surface area contributed by atoms with Crippen molar-refractivity contribution in [3.8, 4) is 11.2 Å². The number of phenolic OH excluding ortho intramolecular Hbond substituents is 1. The molecule has 68 valence electrons. The highest BCUT2D eigenvalue weighted by Crippen LogP contribution is 2.32. The van der Waals surface area contributed by atoms with E-state index in [2.05, 4.69) is 0 Å². The summed E-state index contributed by atoms with van der Waals surface area (Å²) < 4.78 is 0. The average Bonchev–Trinajstić information content (AvgIpc) is 2.23. The van der Waals surface area contributed by atoms with Gasteiger partial charge in [-0.3, -0.25) is 0 Å². The van der Waals surface area contributed by atoms with Crippen molar-refractivity contribution < 1.29 is 5.11 Å². The van der Waals surface area contributed by atoms with Crippen LogP contribution in [0.3, 0.4) is 0 Å². The molecular formula is C11H7NOS. The second-order valence-electron chi connectivity index (χ2n) is 2.82. The van der Waals surface area contributed by atoms with Gasteiger partial charge in [0.25, 0.3) is 0 Å². The van der Waals surface area contributed by atoms with Crippen LogP contribution in [0.25, 0.3) is 10.8 Å². The van der Waals surface area contributed by atoms with Gasteiger partial charge in [0, 0.05) is 10.3 Å². The van der Waals surface area contributed by atoms with Gasteiger partial charge in [0.15, 0.2) is 0 Å². The number of thiocyanates is 1. The van der Waals surface area contributed by atoms with E-state index in [-0.39, 0.29) is 5.75 Å². The van der Waals surface area contributed by atoms with Crippen LogP contribution < -0.4 is 0 Å². The molecule has 0 unspecified atom stereocenters. The second-order valence-corrected chi connectivity index (χ2v) is 3.65. The lowest BCUT2D eigenvalue weighted by molar-refractivity contribution is 0.481. The van der Waals surface area contributed by atoms with E-state index in [1.807, 2.05) is 29.7 Å². The van der Waals surface area contributed by atoms with E-state index in [0.29, 0.717) is 0 Å². The number of nitrogens with zero attached hydrogens (tertiary/aromatic N) is 1. The Balaban J connectivity index is 2.76. The molecule has 0 amide bonds. The van der Waals surface area contributed by atoms with Gasteiger partial charge in [0.05, 0.1) is 0 Å². The predicted octanol–water partition coefficient (Wildman–Crippen LogP) is 3.12. The lowest BCUT2D eigenvalue weighted by Crippen LogP contribution is -1.77. The molecule has 1 N–H and O–H groups in total. The van der Waals surface area contributed by atoms with Crippen molar-refractivity contribution >= 4 is 22.5 Å². The van der Waals surface area contributed by atoms with Crippen molar-refractivity contribution in [3.05, 3.63) is 36.4 Å². The summed E-state index contributed by atoms with van der Waals surface area (Å²) in [6.07, 6.45) is 0.